The standard InChI is InChI=1S/C19H20N2O/c20-19(22)16-12-21(18(16)14-7-2-1-3-8-14)17-11-10-13-6-4-5-9-15(13)17/h1-9,16-18H,10-12H2,(H2,20,22)/t16?,17-,18?/m0/s1. The van der Waals surface area contributed by atoms with Crippen molar-refractivity contribution in [1.29, 1.82) is 0 Å². The van der Waals surface area contributed by atoms with Crippen molar-refractivity contribution < 1.29 is 4.79 Å². The molecule has 1 aliphatic carbocycles. The van der Waals surface area contributed by atoms with Crippen LogP contribution in [0.2, 0.25) is 0 Å². The predicted molar refractivity (Wildman–Crippen MR) is 86.1 cm³/mol. The van der Waals surface area contributed by atoms with Crippen LogP contribution < -0.4 is 5.73 Å². The lowest BCUT2D eigenvalue weighted by molar-refractivity contribution is -0.134. The summed E-state index contributed by atoms with van der Waals surface area (Å²) in [6.45, 7) is 0.772. The number of benzene rings is 2. The molecule has 3 nitrogen and oxygen atoms in total. The fourth-order valence-electron chi connectivity index (χ4n) is 4.05. The maximum absolute atomic E-state index is 11.8. The number of primary amides is 1. The van der Waals surface area contributed by atoms with E-state index in [-0.39, 0.29) is 17.9 Å². The normalized spacial score (nSPS) is 27.2. The van der Waals surface area contributed by atoms with Gasteiger partial charge in [0.25, 0.3) is 0 Å². The van der Waals surface area contributed by atoms with Crippen molar-refractivity contribution in [3.63, 3.8) is 0 Å². The lowest BCUT2D eigenvalue weighted by atomic mass is 9.80. The highest BCUT2D eigenvalue weighted by molar-refractivity contribution is 5.79. The van der Waals surface area contributed by atoms with Gasteiger partial charge in [-0.3, -0.25) is 9.69 Å². The van der Waals surface area contributed by atoms with Crippen LogP contribution in [0.25, 0.3) is 0 Å². The van der Waals surface area contributed by atoms with Gasteiger partial charge >= 0.3 is 0 Å². The van der Waals surface area contributed by atoms with Crippen molar-refractivity contribution in [3.8, 4) is 0 Å². The van der Waals surface area contributed by atoms with Gasteiger partial charge in [-0.15, -0.1) is 0 Å². The van der Waals surface area contributed by atoms with E-state index in [0.717, 1.165) is 19.4 Å². The number of likely N-dealkylation sites (tertiary alicyclic amines) is 1. The van der Waals surface area contributed by atoms with Gasteiger partial charge < -0.3 is 5.73 Å². The molecule has 2 aliphatic rings. The fraction of sp³-hybridized carbons (Fsp3) is 0.316. The predicted octanol–water partition coefficient (Wildman–Crippen LogP) is 2.83. The van der Waals surface area contributed by atoms with Crippen LogP contribution in [0.15, 0.2) is 54.6 Å². The lowest BCUT2D eigenvalue weighted by Crippen LogP contribution is -2.55. The second kappa shape index (κ2) is 5.25. The zero-order chi connectivity index (χ0) is 15.1. The Morgan fingerprint density at radius 3 is 2.55 bits per heavy atom. The monoisotopic (exact) mass is 292 g/mol. The Morgan fingerprint density at radius 1 is 1.05 bits per heavy atom. The van der Waals surface area contributed by atoms with Crippen molar-refractivity contribution in [3.05, 3.63) is 71.3 Å². The molecule has 0 aromatic heterocycles. The van der Waals surface area contributed by atoms with Gasteiger partial charge in [-0.05, 0) is 29.5 Å². The molecule has 1 saturated heterocycles. The maximum Gasteiger partial charge on any atom is 0.223 e. The number of rotatable bonds is 3. The molecule has 2 N–H and O–H groups in total. The van der Waals surface area contributed by atoms with Crippen LogP contribution >= 0.6 is 0 Å². The van der Waals surface area contributed by atoms with E-state index in [4.69, 9.17) is 5.73 Å². The number of amides is 1. The third kappa shape index (κ3) is 2.04. The number of nitrogens with two attached hydrogens (primary N) is 1. The third-order valence-electron chi connectivity index (χ3n) is 5.15. The first-order valence-electron chi connectivity index (χ1n) is 7.93. The van der Waals surface area contributed by atoms with E-state index in [1.54, 1.807) is 0 Å². The van der Waals surface area contributed by atoms with Gasteiger partial charge in [-0.2, -0.15) is 0 Å². The topological polar surface area (TPSA) is 46.3 Å². The molecule has 0 bridgehead atoms. The van der Waals surface area contributed by atoms with Gasteiger partial charge in [0.15, 0.2) is 0 Å². The van der Waals surface area contributed by atoms with E-state index in [1.165, 1.54) is 16.7 Å². The first-order valence-corrected chi connectivity index (χ1v) is 7.93. The van der Waals surface area contributed by atoms with Gasteiger partial charge in [-0.1, -0.05) is 54.6 Å². The second-order valence-electron chi connectivity index (χ2n) is 6.31. The summed E-state index contributed by atoms with van der Waals surface area (Å²) in [6, 6.07) is 19.5. The number of hydrogen-bond acceptors (Lipinski definition) is 2. The molecule has 4 rings (SSSR count). The quantitative estimate of drug-likeness (QED) is 0.945. The van der Waals surface area contributed by atoms with Crippen molar-refractivity contribution in [2.24, 2.45) is 11.7 Å². The zero-order valence-electron chi connectivity index (χ0n) is 12.5. The van der Waals surface area contributed by atoms with Crippen LogP contribution in [0, 0.1) is 5.92 Å². The minimum absolute atomic E-state index is 0.0739. The fourth-order valence-corrected chi connectivity index (χ4v) is 4.05. The average Bonchev–Trinajstić information content (AvgIpc) is 2.91. The summed E-state index contributed by atoms with van der Waals surface area (Å²) in [7, 11) is 0. The second-order valence-corrected chi connectivity index (χ2v) is 6.31. The molecule has 0 radical (unpaired) electrons. The molecule has 2 unspecified atom stereocenters. The van der Waals surface area contributed by atoms with Crippen LogP contribution in [0.5, 0.6) is 0 Å². The Hall–Kier alpha value is -2.13. The number of nitrogens with zero attached hydrogens (tertiary/aromatic N) is 1. The summed E-state index contributed by atoms with van der Waals surface area (Å²) in [6.07, 6.45) is 2.26. The average molecular weight is 292 g/mol. The van der Waals surface area contributed by atoms with E-state index in [9.17, 15) is 4.79 Å². The molecule has 1 aliphatic heterocycles. The number of hydrogen-bond donors (Lipinski definition) is 1. The molecule has 1 fully saturated rings. The molecular weight excluding hydrogens is 272 g/mol. The van der Waals surface area contributed by atoms with Gasteiger partial charge in [0.1, 0.15) is 0 Å². The van der Waals surface area contributed by atoms with Crippen LogP contribution in [0.3, 0.4) is 0 Å². The highest BCUT2D eigenvalue weighted by Gasteiger charge is 2.47. The third-order valence-corrected chi connectivity index (χ3v) is 5.15. The maximum atomic E-state index is 11.8. The summed E-state index contributed by atoms with van der Waals surface area (Å²) < 4.78 is 0. The molecule has 22 heavy (non-hydrogen) atoms. The van der Waals surface area contributed by atoms with E-state index in [2.05, 4.69) is 41.3 Å². The summed E-state index contributed by atoms with van der Waals surface area (Å²) in [4.78, 5) is 14.2. The number of carbonyl (C=O) groups is 1. The molecular formula is C19H20N2O. The van der Waals surface area contributed by atoms with Gasteiger partial charge in [0.2, 0.25) is 5.91 Å². The number of aryl methyl sites for hydroxylation is 1. The summed E-state index contributed by atoms with van der Waals surface area (Å²) in [5.74, 6) is -0.258. The van der Waals surface area contributed by atoms with Crippen molar-refractivity contribution >= 4 is 5.91 Å². The summed E-state index contributed by atoms with van der Waals surface area (Å²) in [5.41, 5.74) is 9.68. The molecule has 0 saturated carbocycles. The SMILES string of the molecule is NC(=O)C1CN([C@H]2CCc3ccccc32)C1c1ccccc1. The smallest absolute Gasteiger partial charge is 0.223 e. The first kappa shape index (κ1) is 13.5. The zero-order valence-corrected chi connectivity index (χ0v) is 12.5. The minimum atomic E-state index is -0.184. The highest BCUT2D eigenvalue weighted by Crippen LogP contribution is 2.48. The Morgan fingerprint density at radius 2 is 1.77 bits per heavy atom. The molecule has 2 aromatic carbocycles. The van der Waals surface area contributed by atoms with E-state index >= 15 is 0 Å². The van der Waals surface area contributed by atoms with Crippen LogP contribution in [0.1, 0.15) is 35.2 Å². The van der Waals surface area contributed by atoms with Gasteiger partial charge in [-0.25, -0.2) is 0 Å². The van der Waals surface area contributed by atoms with Crippen LogP contribution in [0.4, 0.5) is 0 Å². The molecule has 0 spiro atoms. The van der Waals surface area contributed by atoms with Crippen molar-refractivity contribution in [2.45, 2.75) is 24.9 Å². The molecule has 3 heteroatoms. The van der Waals surface area contributed by atoms with Crippen molar-refractivity contribution in [1.82, 2.24) is 4.90 Å². The van der Waals surface area contributed by atoms with Crippen LogP contribution in [-0.2, 0) is 11.2 Å². The van der Waals surface area contributed by atoms with Crippen molar-refractivity contribution in [2.75, 3.05) is 6.54 Å². The highest BCUT2D eigenvalue weighted by atomic mass is 16.1. The largest absolute Gasteiger partial charge is 0.369 e. The number of carbonyl (C=O) groups excluding carboxylic acids is 1. The minimum Gasteiger partial charge on any atom is -0.369 e. The van der Waals surface area contributed by atoms with E-state index < -0.39 is 0 Å². The summed E-state index contributed by atoms with van der Waals surface area (Å²) >= 11 is 0. The molecule has 1 amide bonds. The Kier molecular flexibility index (Phi) is 3.23. The van der Waals surface area contributed by atoms with E-state index in [1.807, 2.05) is 18.2 Å². The summed E-state index contributed by atoms with van der Waals surface area (Å²) in [5, 5.41) is 0. The Balaban J connectivity index is 1.67. The molecule has 3 atom stereocenters. The van der Waals surface area contributed by atoms with E-state index in [0.29, 0.717) is 6.04 Å². The number of fused-ring (bicyclic) bond motifs is 1. The van der Waals surface area contributed by atoms with Gasteiger partial charge in [0, 0.05) is 18.6 Å². The van der Waals surface area contributed by atoms with Crippen LogP contribution in [-0.4, -0.2) is 17.4 Å². The first-order chi connectivity index (χ1) is 10.8. The molecule has 112 valence electrons. The lowest BCUT2D eigenvalue weighted by Gasteiger charge is -2.50. The molecule has 1 heterocycles. The molecule has 2 aromatic rings. The van der Waals surface area contributed by atoms with Gasteiger partial charge in [0.05, 0.1) is 5.92 Å². The Bertz CT molecular complexity index is 698. The Labute approximate surface area is 130 Å².